The number of anilines is 1. The van der Waals surface area contributed by atoms with Crippen LogP contribution in [0.15, 0.2) is 42.6 Å². The molecule has 0 saturated carbocycles. The van der Waals surface area contributed by atoms with Gasteiger partial charge < -0.3 is 20.8 Å². The second-order valence-electron chi connectivity index (χ2n) is 5.45. The number of fused-ring (bicyclic) bond motifs is 1. The van der Waals surface area contributed by atoms with Gasteiger partial charge in [-0.05, 0) is 18.2 Å². The lowest BCUT2D eigenvalue weighted by Gasteiger charge is -2.11. The first-order valence-electron chi connectivity index (χ1n) is 7.77. The van der Waals surface area contributed by atoms with Crippen molar-refractivity contribution in [1.82, 2.24) is 15.3 Å². The van der Waals surface area contributed by atoms with Crippen LogP contribution in [0.2, 0.25) is 0 Å². The number of phenols is 1. The molecule has 132 valence electrons. The first-order chi connectivity index (χ1) is 12.5. The standard InChI is InChI=1S/C18H16N4O4/c1-19-11-5-3-2-4-10(11)13-8-20-17-12(22-13)6-7-14(23)16(17)18(26)21-9-15(24)25/h2-8,19,23H,9H2,1H3,(H,21,26)(H,24,25). The Morgan fingerprint density at radius 2 is 1.92 bits per heavy atom. The van der Waals surface area contributed by atoms with Crippen LogP contribution in [0, 0.1) is 0 Å². The third kappa shape index (κ3) is 3.25. The van der Waals surface area contributed by atoms with Crippen LogP contribution < -0.4 is 10.6 Å². The zero-order chi connectivity index (χ0) is 18.7. The number of carbonyl (C=O) groups excluding carboxylic acids is 1. The third-order valence-electron chi connectivity index (χ3n) is 3.79. The number of hydrogen-bond donors (Lipinski definition) is 4. The summed E-state index contributed by atoms with van der Waals surface area (Å²) in [5, 5.41) is 24.0. The molecule has 0 unspecified atom stereocenters. The fraction of sp³-hybridized carbons (Fsp3) is 0.111. The molecule has 3 aromatic rings. The normalized spacial score (nSPS) is 10.5. The molecule has 1 heterocycles. The molecular formula is C18H16N4O4. The average Bonchev–Trinajstić information content (AvgIpc) is 2.65. The minimum atomic E-state index is -1.19. The Morgan fingerprint density at radius 3 is 2.65 bits per heavy atom. The number of amides is 1. The number of nitrogens with one attached hydrogen (secondary N) is 2. The number of para-hydroxylation sites is 1. The number of nitrogens with zero attached hydrogens (tertiary/aromatic N) is 2. The summed E-state index contributed by atoms with van der Waals surface area (Å²) in [6.07, 6.45) is 1.51. The predicted molar refractivity (Wildman–Crippen MR) is 96.2 cm³/mol. The third-order valence-corrected chi connectivity index (χ3v) is 3.79. The van der Waals surface area contributed by atoms with Crippen LogP contribution in [0.1, 0.15) is 10.4 Å². The lowest BCUT2D eigenvalue weighted by Crippen LogP contribution is -2.29. The SMILES string of the molecule is CNc1ccccc1-c1cnc2c(C(=O)NCC(=O)O)c(O)ccc2n1. The van der Waals surface area contributed by atoms with Gasteiger partial charge in [0.15, 0.2) is 0 Å². The van der Waals surface area contributed by atoms with E-state index in [4.69, 9.17) is 5.11 Å². The van der Waals surface area contributed by atoms with E-state index in [0.717, 1.165) is 11.3 Å². The van der Waals surface area contributed by atoms with Crippen molar-refractivity contribution < 1.29 is 19.8 Å². The molecule has 0 spiro atoms. The number of carboxylic acid groups (broad SMARTS) is 1. The molecule has 1 aromatic heterocycles. The van der Waals surface area contributed by atoms with Gasteiger partial charge in [-0.3, -0.25) is 14.6 Å². The fourth-order valence-corrected chi connectivity index (χ4v) is 2.60. The number of carboxylic acids is 1. The molecule has 0 bridgehead atoms. The van der Waals surface area contributed by atoms with E-state index in [2.05, 4.69) is 20.6 Å². The Morgan fingerprint density at radius 1 is 1.15 bits per heavy atom. The Kier molecular flexibility index (Phi) is 4.66. The van der Waals surface area contributed by atoms with Crippen molar-refractivity contribution in [3.63, 3.8) is 0 Å². The quantitative estimate of drug-likeness (QED) is 0.552. The summed E-state index contributed by atoms with van der Waals surface area (Å²) in [4.78, 5) is 31.7. The molecule has 0 fully saturated rings. The van der Waals surface area contributed by atoms with Crippen LogP contribution >= 0.6 is 0 Å². The lowest BCUT2D eigenvalue weighted by atomic mass is 10.1. The van der Waals surface area contributed by atoms with E-state index < -0.39 is 18.4 Å². The summed E-state index contributed by atoms with van der Waals surface area (Å²) in [6, 6.07) is 10.5. The van der Waals surface area contributed by atoms with Crippen LogP contribution in [0.4, 0.5) is 5.69 Å². The first-order valence-corrected chi connectivity index (χ1v) is 7.77. The van der Waals surface area contributed by atoms with E-state index in [9.17, 15) is 14.7 Å². The average molecular weight is 352 g/mol. The van der Waals surface area contributed by atoms with Gasteiger partial charge in [-0.15, -0.1) is 0 Å². The van der Waals surface area contributed by atoms with Gasteiger partial charge in [0.2, 0.25) is 0 Å². The number of aromatic nitrogens is 2. The number of hydrogen-bond acceptors (Lipinski definition) is 6. The van der Waals surface area contributed by atoms with Gasteiger partial charge in [-0.1, -0.05) is 18.2 Å². The van der Waals surface area contributed by atoms with Gasteiger partial charge in [0, 0.05) is 18.3 Å². The maximum Gasteiger partial charge on any atom is 0.322 e. The molecule has 8 nitrogen and oxygen atoms in total. The molecule has 0 aliphatic carbocycles. The molecule has 3 rings (SSSR count). The number of rotatable bonds is 5. The van der Waals surface area contributed by atoms with Crippen molar-refractivity contribution in [3.05, 3.63) is 48.2 Å². The highest BCUT2D eigenvalue weighted by Gasteiger charge is 2.18. The smallest absolute Gasteiger partial charge is 0.322 e. The van der Waals surface area contributed by atoms with Gasteiger partial charge in [0.25, 0.3) is 5.91 Å². The van der Waals surface area contributed by atoms with Crippen LogP contribution in [-0.2, 0) is 4.79 Å². The molecule has 0 atom stereocenters. The Hall–Kier alpha value is -3.68. The number of aromatic hydroxyl groups is 1. The highest BCUT2D eigenvalue weighted by atomic mass is 16.4. The van der Waals surface area contributed by atoms with Crippen molar-refractivity contribution in [3.8, 4) is 17.0 Å². The Balaban J connectivity index is 2.08. The van der Waals surface area contributed by atoms with Crippen LogP contribution in [0.25, 0.3) is 22.3 Å². The van der Waals surface area contributed by atoms with E-state index >= 15 is 0 Å². The Labute approximate surface area is 148 Å². The summed E-state index contributed by atoms with van der Waals surface area (Å²) in [7, 11) is 1.80. The van der Waals surface area contributed by atoms with Crippen molar-refractivity contribution in [2.24, 2.45) is 0 Å². The van der Waals surface area contributed by atoms with E-state index in [1.165, 1.54) is 12.3 Å². The van der Waals surface area contributed by atoms with Crippen LogP contribution in [0.5, 0.6) is 5.75 Å². The summed E-state index contributed by atoms with van der Waals surface area (Å²) in [5.74, 6) is -2.21. The van der Waals surface area contributed by atoms with Crippen LogP contribution in [0.3, 0.4) is 0 Å². The molecule has 0 aliphatic rings. The van der Waals surface area contributed by atoms with Crippen molar-refractivity contribution in [2.45, 2.75) is 0 Å². The zero-order valence-corrected chi connectivity index (χ0v) is 13.9. The molecule has 0 radical (unpaired) electrons. The van der Waals surface area contributed by atoms with Crippen molar-refractivity contribution >= 4 is 28.6 Å². The maximum atomic E-state index is 12.2. The molecule has 8 heteroatoms. The summed E-state index contributed by atoms with van der Waals surface area (Å²) < 4.78 is 0. The number of carbonyl (C=O) groups is 2. The summed E-state index contributed by atoms with van der Waals surface area (Å²) >= 11 is 0. The van der Waals surface area contributed by atoms with Gasteiger partial charge >= 0.3 is 5.97 Å². The minimum Gasteiger partial charge on any atom is -0.507 e. The largest absolute Gasteiger partial charge is 0.507 e. The molecule has 26 heavy (non-hydrogen) atoms. The van der Waals surface area contributed by atoms with Crippen molar-refractivity contribution in [1.29, 1.82) is 0 Å². The highest BCUT2D eigenvalue weighted by Crippen LogP contribution is 2.29. The molecule has 4 N–H and O–H groups in total. The minimum absolute atomic E-state index is 0.107. The molecule has 2 aromatic carbocycles. The molecule has 0 saturated heterocycles. The van der Waals surface area contributed by atoms with Crippen molar-refractivity contribution in [2.75, 3.05) is 18.9 Å². The number of aliphatic carboxylic acids is 1. The van der Waals surface area contributed by atoms with Gasteiger partial charge in [-0.2, -0.15) is 0 Å². The van der Waals surface area contributed by atoms with E-state index in [1.54, 1.807) is 13.1 Å². The predicted octanol–water partition coefficient (Wildman–Crippen LogP) is 1.86. The van der Waals surface area contributed by atoms with Gasteiger partial charge in [-0.25, -0.2) is 4.98 Å². The van der Waals surface area contributed by atoms with Gasteiger partial charge in [0.05, 0.1) is 17.4 Å². The van der Waals surface area contributed by atoms with E-state index in [1.807, 2.05) is 24.3 Å². The number of benzene rings is 2. The van der Waals surface area contributed by atoms with E-state index in [0.29, 0.717) is 11.2 Å². The van der Waals surface area contributed by atoms with Crippen LogP contribution in [-0.4, -0.2) is 45.6 Å². The second-order valence-corrected chi connectivity index (χ2v) is 5.45. The summed E-state index contributed by atoms with van der Waals surface area (Å²) in [6.45, 7) is -0.560. The topological polar surface area (TPSA) is 124 Å². The van der Waals surface area contributed by atoms with Gasteiger partial charge in [0.1, 0.15) is 23.4 Å². The molecular weight excluding hydrogens is 336 g/mol. The zero-order valence-electron chi connectivity index (χ0n) is 13.9. The molecule has 1 amide bonds. The highest BCUT2D eigenvalue weighted by molar-refractivity contribution is 6.08. The Bertz CT molecular complexity index is 1000. The summed E-state index contributed by atoms with van der Waals surface area (Å²) in [5.41, 5.74) is 2.81. The lowest BCUT2D eigenvalue weighted by molar-refractivity contribution is -0.135. The first kappa shape index (κ1) is 17.2. The fourth-order valence-electron chi connectivity index (χ4n) is 2.60. The monoisotopic (exact) mass is 352 g/mol. The number of phenolic OH excluding ortho intramolecular Hbond substituents is 1. The molecule has 0 aliphatic heterocycles. The maximum absolute atomic E-state index is 12.2. The second kappa shape index (κ2) is 7.06. The van der Waals surface area contributed by atoms with E-state index in [-0.39, 0.29) is 16.8 Å².